The highest BCUT2D eigenvalue weighted by Gasteiger charge is 2.26. The van der Waals surface area contributed by atoms with E-state index in [-0.39, 0.29) is 11.7 Å². The van der Waals surface area contributed by atoms with Gasteiger partial charge < -0.3 is 5.32 Å². The summed E-state index contributed by atoms with van der Waals surface area (Å²) in [4.78, 5) is 29.0. The van der Waals surface area contributed by atoms with Crippen LogP contribution in [0, 0.1) is 19.8 Å². The Morgan fingerprint density at radius 3 is 2.58 bits per heavy atom. The summed E-state index contributed by atoms with van der Waals surface area (Å²) in [5.74, 6) is 0.808. The number of hydrogen-bond acceptors (Lipinski definition) is 5. The molecule has 1 fully saturated rings. The quantitative estimate of drug-likeness (QED) is 0.815. The van der Waals surface area contributed by atoms with E-state index in [0.717, 1.165) is 42.8 Å². The van der Waals surface area contributed by atoms with Crippen molar-refractivity contribution < 1.29 is 9.59 Å². The molecule has 1 aromatic heterocycles. The Kier molecular flexibility index (Phi) is 4.89. The Labute approximate surface area is 144 Å². The van der Waals surface area contributed by atoms with Gasteiger partial charge in [-0.15, -0.1) is 0 Å². The molecule has 0 unspecified atom stereocenters. The van der Waals surface area contributed by atoms with E-state index >= 15 is 0 Å². The lowest BCUT2D eigenvalue weighted by Gasteiger charge is -2.14. The molecule has 0 radical (unpaired) electrons. The van der Waals surface area contributed by atoms with Gasteiger partial charge in [-0.25, -0.2) is 9.78 Å². The maximum Gasteiger partial charge on any atom is 0.325 e. The molecule has 1 heterocycles. The fourth-order valence-electron chi connectivity index (χ4n) is 2.98. The van der Waals surface area contributed by atoms with Crippen LogP contribution in [0.2, 0.25) is 0 Å². The van der Waals surface area contributed by atoms with Crippen molar-refractivity contribution >= 4 is 34.2 Å². The van der Waals surface area contributed by atoms with E-state index in [2.05, 4.69) is 20.0 Å². The highest BCUT2D eigenvalue weighted by atomic mass is 32.1. The molecule has 1 aliphatic rings. The Hall–Kier alpha value is -2.28. The molecule has 2 N–H and O–H groups in total. The second-order valence-corrected chi connectivity index (χ2v) is 6.87. The second kappa shape index (κ2) is 7.09. The fraction of sp³-hybridized carbons (Fsp3) is 0.412. The van der Waals surface area contributed by atoms with Crippen molar-refractivity contribution in [2.24, 2.45) is 5.92 Å². The van der Waals surface area contributed by atoms with Gasteiger partial charge in [0.05, 0.1) is 5.69 Å². The minimum absolute atomic E-state index is 0.0706. The maximum absolute atomic E-state index is 12.8. The van der Waals surface area contributed by atoms with Gasteiger partial charge in [-0.3, -0.25) is 10.1 Å². The molecular formula is C17H20N4O2S. The van der Waals surface area contributed by atoms with Crippen LogP contribution in [0.4, 0.5) is 15.6 Å². The topological polar surface area (TPSA) is 84.0 Å². The van der Waals surface area contributed by atoms with Gasteiger partial charge in [0, 0.05) is 23.0 Å². The Bertz CT molecular complexity index is 766. The van der Waals surface area contributed by atoms with Crippen LogP contribution in [0.3, 0.4) is 0 Å². The summed E-state index contributed by atoms with van der Waals surface area (Å²) in [6.07, 6.45) is 4.06. The Balaban J connectivity index is 1.77. The molecule has 0 spiro atoms. The van der Waals surface area contributed by atoms with Gasteiger partial charge >= 0.3 is 6.03 Å². The van der Waals surface area contributed by atoms with Crippen LogP contribution in [0.5, 0.6) is 0 Å². The van der Waals surface area contributed by atoms with Crippen molar-refractivity contribution in [2.45, 2.75) is 39.5 Å². The summed E-state index contributed by atoms with van der Waals surface area (Å²) >= 11 is 1.12. The Morgan fingerprint density at radius 2 is 1.92 bits per heavy atom. The van der Waals surface area contributed by atoms with Gasteiger partial charge in [-0.05, 0) is 38.8 Å². The molecule has 2 aromatic rings. The van der Waals surface area contributed by atoms with Gasteiger partial charge in [0.2, 0.25) is 5.13 Å². The van der Waals surface area contributed by atoms with Crippen LogP contribution in [0.25, 0.3) is 0 Å². The number of nitrogens with one attached hydrogen (secondary N) is 2. The number of Topliss-reactive ketones (excluding diaryl/α,β-unsaturated/α-hetero) is 1. The molecule has 0 saturated heterocycles. The number of aryl methyl sites for hydroxylation is 2. The zero-order valence-electron chi connectivity index (χ0n) is 13.8. The van der Waals surface area contributed by atoms with Crippen molar-refractivity contribution in [3.05, 3.63) is 35.2 Å². The normalized spacial score (nSPS) is 14.6. The number of carbonyl (C=O) groups excluding carboxylic acids is 2. The van der Waals surface area contributed by atoms with Crippen LogP contribution in [0.1, 0.15) is 47.4 Å². The van der Waals surface area contributed by atoms with Crippen LogP contribution in [-0.2, 0) is 0 Å². The molecule has 24 heavy (non-hydrogen) atoms. The molecular weight excluding hydrogens is 324 g/mol. The van der Waals surface area contributed by atoms with Crippen molar-refractivity contribution in [2.75, 3.05) is 10.6 Å². The van der Waals surface area contributed by atoms with Crippen molar-refractivity contribution in [3.63, 3.8) is 0 Å². The molecule has 1 aromatic carbocycles. The van der Waals surface area contributed by atoms with E-state index in [1.807, 2.05) is 19.1 Å². The second-order valence-electron chi connectivity index (χ2n) is 6.12. The lowest BCUT2D eigenvalue weighted by Crippen LogP contribution is -2.22. The van der Waals surface area contributed by atoms with Gasteiger partial charge in [0.25, 0.3) is 0 Å². The third-order valence-corrected chi connectivity index (χ3v) is 4.88. The highest BCUT2D eigenvalue weighted by molar-refractivity contribution is 7.09. The average molecular weight is 344 g/mol. The lowest BCUT2D eigenvalue weighted by atomic mass is 9.94. The van der Waals surface area contributed by atoms with E-state index in [4.69, 9.17) is 0 Å². The van der Waals surface area contributed by atoms with Crippen molar-refractivity contribution in [3.8, 4) is 0 Å². The average Bonchev–Trinajstić information content (AvgIpc) is 3.20. The number of benzene rings is 1. The van der Waals surface area contributed by atoms with Crippen molar-refractivity contribution in [1.29, 1.82) is 0 Å². The van der Waals surface area contributed by atoms with Gasteiger partial charge in [-0.1, -0.05) is 24.5 Å². The molecule has 126 valence electrons. The molecule has 0 bridgehead atoms. The molecule has 0 atom stereocenters. The van der Waals surface area contributed by atoms with E-state index in [0.29, 0.717) is 22.2 Å². The molecule has 0 aliphatic heterocycles. The van der Waals surface area contributed by atoms with Crippen molar-refractivity contribution in [1.82, 2.24) is 9.36 Å². The summed E-state index contributed by atoms with van der Waals surface area (Å²) in [6, 6.07) is 5.10. The third kappa shape index (κ3) is 3.79. The number of urea groups is 1. The number of anilines is 2. The summed E-state index contributed by atoms with van der Waals surface area (Å²) < 4.78 is 4.02. The first-order chi connectivity index (χ1) is 11.5. The number of nitrogens with zero attached hydrogens (tertiary/aromatic N) is 2. The highest BCUT2D eigenvalue weighted by Crippen LogP contribution is 2.31. The number of rotatable bonds is 4. The molecule has 1 aliphatic carbocycles. The first kappa shape index (κ1) is 16.6. The minimum Gasteiger partial charge on any atom is -0.307 e. The summed E-state index contributed by atoms with van der Waals surface area (Å²) in [5, 5.41) is 5.84. The van der Waals surface area contributed by atoms with Crippen LogP contribution < -0.4 is 10.6 Å². The van der Waals surface area contributed by atoms with Gasteiger partial charge in [-0.2, -0.15) is 4.37 Å². The predicted octanol–water partition coefficient (Wildman–Crippen LogP) is 4.17. The third-order valence-electron chi connectivity index (χ3n) is 4.16. The predicted molar refractivity (Wildman–Crippen MR) is 94.8 cm³/mol. The molecule has 1 saturated carbocycles. The molecule has 2 amide bonds. The molecule has 6 nitrogen and oxygen atoms in total. The number of aromatic nitrogens is 2. The monoisotopic (exact) mass is 344 g/mol. The van der Waals surface area contributed by atoms with E-state index in [1.165, 1.54) is 0 Å². The van der Waals surface area contributed by atoms with Crippen LogP contribution >= 0.6 is 11.5 Å². The minimum atomic E-state index is -0.421. The zero-order valence-corrected chi connectivity index (χ0v) is 14.6. The SMILES string of the molecule is Cc1ccc(NC(=O)Nc2nc(C)ns2)c(C(=O)C2CCCC2)c1. The van der Waals surface area contributed by atoms with Gasteiger partial charge in [0.15, 0.2) is 5.78 Å². The standard InChI is InChI=1S/C17H20N4O2S/c1-10-7-8-14(13(9-10)15(22)12-5-3-4-6-12)19-16(23)20-17-18-11(2)21-24-17/h7-9,12H,3-6H2,1-2H3,(H2,18,19,20,21,23). The number of amides is 2. The molecule has 3 rings (SSSR count). The maximum atomic E-state index is 12.8. The lowest BCUT2D eigenvalue weighted by molar-refractivity contribution is 0.0923. The van der Waals surface area contributed by atoms with Crippen LogP contribution in [-0.4, -0.2) is 21.2 Å². The van der Waals surface area contributed by atoms with E-state index in [9.17, 15) is 9.59 Å². The van der Waals surface area contributed by atoms with E-state index in [1.54, 1.807) is 13.0 Å². The zero-order chi connectivity index (χ0) is 17.1. The number of ketones is 1. The van der Waals surface area contributed by atoms with Crippen LogP contribution in [0.15, 0.2) is 18.2 Å². The Morgan fingerprint density at radius 1 is 1.17 bits per heavy atom. The largest absolute Gasteiger partial charge is 0.325 e. The van der Waals surface area contributed by atoms with E-state index < -0.39 is 6.03 Å². The summed E-state index contributed by atoms with van der Waals surface area (Å²) in [5.41, 5.74) is 2.13. The number of carbonyl (C=O) groups is 2. The summed E-state index contributed by atoms with van der Waals surface area (Å²) in [6.45, 7) is 3.71. The smallest absolute Gasteiger partial charge is 0.307 e. The first-order valence-corrected chi connectivity index (χ1v) is 8.83. The van der Waals surface area contributed by atoms with Gasteiger partial charge in [0.1, 0.15) is 5.82 Å². The summed E-state index contributed by atoms with van der Waals surface area (Å²) in [7, 11) is 0. The first-order valence-electron chi connectivity index (χ1n) is 8.06. The number of hydrogen-bond donors (Lipinski definition) is 2. The molecule has 7 heteroatoms. The fourth-order valence-corrected chi connectivity index (χ4v) is 3.55.